The number of hydroxylamine groups is 2. The van der Waals surface area contributed by atoms with Crippen LogP contribution in [0.3, 0.4) is 0 Å². The number of hydrogen-bond donors (Lipinski definition) is 0. The lowest BCUT2D eigenvalue weighted by Gasteiger charge is -2.14. The number of benzene rings is 1. The number of hydrogen-bond acceptors (Lipinski definition) is 5. The van der Waals surface area contributed by atoms with Crippen LogP contribution in [0.4, 0.5) is 0 Å². The van der Waals surface area contributed by atoms with Gasteiger partial charge in [0.2, 0.25) is 0 Å². The van der Waals surface area contributed by atoms with Crippen LogP contribution in [-0.4, -0.2) is 28.6 Å². The first-order valence-electron chi connectivity index (χ1n) is 6.77. The molecule has 0 radical (unpaired) electrons. The Labute approximate surface area is 127 Å². The fourth-order valence-corrected chi connectivity index (χ4v) is 2.98. The Balaban J connectivity index is 1.93. The molecule has 1 aromatic rings. The second kappa shape index (κ2) is 6.76. The van der Waals surface area contributed by atoms with E-state index in [0.29, 0.717) is 11.0 Å². The third-order valence-corrected chi connectivity index (χ3v) is 4.15. The topological polar surface area (TPSA) is 63.7 Å². The van der Waals surface area contributed by atoms with Crippen LogP contribution < -0.4 is 0 Å². The van der Waals surface area contributed by atoms with Gasteiger partial charge < -0.3 is 4.84 Å². The van der Waals surface area contributed by atoms with Gasteiger partial charge in [0.1, 0.15) is 0 Å². The predicted molar refractivity (Wildman–Crippen MR) is 78.4 cm³/mol. The van der Waals surface area contributed by atoms with Crippen molar-refractivity contribution < 1.29 is 19.2 Å². The van der Waals surface area contributed by atoms with E-state index in [2.05, 4.69) is 13.8 Å². The first-order chi connectivity index (χ1) is 9.99. The summed E-state index contributed by atoms with van der Waals surface area (Å²) in [6.07, 6.45) is 0.213. The van der Waals surface area contributed by atoms with Gasteiger partial charge in [0.15, 0.2) is 0 Å². The normalized spacial score (nSPS) is 14.9. The van der Waals surface area contributed by atoms with Gasteiger partial charge in [0.25, 0.3) is 11.8 Å². The molecule has 2 rings (SSSR count). The molecular weight excluding hydrogens is 290 g/mol. The molecule has 1 aliphatic heterocycles. The summed E-state index contributed by atoms with van der Waals surface area (Å²) in [6.45, 7) is 4.17. The van der Waals surface area contributed by atoms with E-state index in [1.807, 2.05) is 24.3 Å². The van der Waals surface area contributed by atoms with Gasteiger partial charge in [0, 0.05) is 17.7 Å². The van der Waals surface area contributed by atoms with Gasteiger partial charge in [-0.3, -0.25) is 9.59 Å². The highest BCUT2D eigenvalue weighted by Crippen LogP contribution is 2.28. The Morgan fingerprint density at radius 2 is 1.86 bits per heavy atom. The molecule has 1 fully saturated rings. The molecule has 2 amide bonds. The molecule has 0 spiro atoms. The maximum Gasteiger partial charge on any atom is 0.343 e. The van der Waals surface area contributed by atoms with Crippen molar-refractivity contribution in [1.29, 1.82) is 0 Å². The fourth-order valence-electron chi connectivity index (χ4n) is 2.01. The van der Waals surface area contributed by atoms with E-state index >= 15 is 0 Å². The van der Waals surface area contributed by atoms with Crippen molar-refractivity contribution in [2.45, 2.75) is 37.5 Å². The summed E-state index contributed by atoms with van der Waals surface area (Å²) in [5, 5.41) is 0.581. The molecule has 1 saturated heterocycles. The zero-order valence-electron chi connectivity index (χ0n) is 12.0. The van der Waals surface area contributed by atoms with Crippen molar-refractivity contribution >= 4 is 29.5 Å². The quantitative estimate of drug-likeness (QED) is 0.618. The lowest BCUT2D eigenvalue weighted by Crippen LogP contribution is -2.32. The summed E-state index contributed by atoms with van der Waals surface area (Å²) in [5.74, 6) is -1.10. The minimum atomic E-state index is -0.595. The van der Waals surface area contributed by atoms with E-state index in [4.69, 9.17) is 4.84 Å². The second-order valence-corrected chi connectivity index (χ2v) is 6.04. The number of nitrogens with zero attached hydrogens (tertiary/aromatic N) is 1. The van der Waals surface area contributed by atoms with E-state index in [1.54, 1.807) is 0 Å². The van der Waals surface area contributed by atoms with Crippen molar-refractivity contribution in [2.24, 2.45) is 0 Å². The minimum Gasteiger partial charge on any atom is -0.329 e. The molecule has 6 heteroatoms. The van der Waals surface area contributed by atoms with Crippen LogP contribution in [0.15, 0.2) is 29.2 Å². The van der Waals surface area contributed by atoms with Crippen LogP contribution in [0.2, 0.25) is 0 Å². The van der Waals surface area contributed by atoms with Crippen LogP contribution in [0.25, 0.3) is 0 Å². The van der Waals surface area contributed by atoms with E-state index in [9.17, 15) is 14.4 Å². The maximum atomic E-state index is 11.8. The molecule has 0 atom stereocenters. The lowest BCUT2D eigenvalue weighted by atomic mass is 10.0. The third kappa shape index (κ3) is 3.85. The van der Waals surface area contributed by atoms with Gasteiger partial charge in [-0.05, 0) is 17.5 Å². The van der Waals surface area contributed by atoms with Gasteiger partial charge in [-0.15, -0.1) is 16.8 Å². The van der Waals surface area contributed by atoms with Crippen molar-refractivity contribution in [2.75, 3.05) is 5.75 Å². The van der Waals surface area contributed by atoms with E-state index in [-0.39, 0.29) is 18.6 Å². The molecule has 0 unspecified atom stereocenters. The summed E-state index contributed by atoms with van der Waals surface area (Å²) in [4.78, 5) is 40.3. The van der Waals surface area contributed by atoms with E-state index < -0.39 is 17.8 Å². The highest BCUT2D eigenvalue weighted by Gasteiger charge is 2.32. The highest BCUT2D eigenvalue weighted by molar-refractivity contribution is 8.00. The lowest BCUT2D eigenvalue weighted by molar-refractivity contribution is -0.195. The Bertz CT molecular complexity index is 555. The minimum absolute atomic E-state index is 0.0563. The summed E-state index contributed by atoms with van der Waals surface area (Å²) in [5.41, 5.74) is 1.16. The molecule has 5 nitrogen and oxygen atoms in total. The van der Waals surface area contributed by atoms with Gasteiger partial charge in [-0.1, -0.05) is 32.0 Å². The van der Waals surface area contributed by atoms with Crippen LogP contribution in [0, 0.1) is 0 Å². The number of imide groups is 1. The Hall–Kier alpha value is -1.82. The average molecular weight is 307 g/mol. The van der Waals surface area contributed by atoms with Crippen LogP contribution in [-0.2, 0) is 19.2 Å². The first kappa shape index (κ1) is 15.6. The zero-order chi connectivity index (χ0) is 15.4. The van der Waals surface area contributed by atoms with Crippen LogP contribution >= 0.6 is 11.8 Å². The Kier molecular flexibility index (Phi) is 5.01. The molecule has 0 saturated carbocycles. The number of amides is 2. The summed E-state index contributed by atoms with van der Waals surface area (Å²) < 4.78 is 0. The number of carbonyl (C=O) groups is 3. The number of carbonyl (C=O) groups excluding carboxylic acids is 3. The molecule has 0 N–H and O–H groups in total. The molecule has 0 aromatic heterocycles. The van der Waals surface area contributed by atoms with Crippen molar-refractivity contribution in [3.63, 3.8) is 0 Å². The second-order valence-electron chi connectivity index (χ2n) is 5.03. The molecule has 1 aromatic carbocycles. The average Bonchev–Trinajstić information content (AvgIpc) is 2.77. The van der Waals surface area contributed by atoms with Crippen molar-refractivity contribution in [1.82, 2.24) is 5.06 Å². The summed E-state index contributed by atoms with van der Waals surface area (Å²) >= 11 is 1.35. The first-order valence-corrected chi connectivity index (χ1v) is 7.76. The van der Waals surface area contributed by atoms with Crippen LogP contribution in [0.1, 0.15) is 38.2 Å². The van der Waals surface area contributed by atoms with E-state index in [0.717, 1.165) is 10.5 Å². The summed E-state index contributed by atoms with van der Waals surface area (Å²) in [7, 11) is 0. The molecule has 0 bridgehead atoms. The number of rotatable bonds is 5. The summed E-state index contributed by atoms with van der Waals surface area (Å²) in [6, 6.07) is 7.83. The molecule has 1 aliphatic rings. The Morgan fingerprint density at radius 1 is 1.24 bits per heavy atom. The number of thioether (sulfide) groups is 1. The van der Waals surface area contributed by atoms with Gasteiger partial charge >= 0.3 is 5.97 Å². The van der Waals surface area contributed by atoms with Crippen molar-refractivity contribution in [3.05, 3.63) is 29.8 Å². The molecule has 21 heavy (non-hydrogen) atoms. The van der Waals surface area contributed by atoms with Crippen molar-refractivity contribution in [3.8, 4) is 0 Å². The third-order valence-electron chi connectivity index (χ3n) is 3.09. The monoisotopic (exact) mass is 307 g/mol. The largest absolute Gasteiger partial charge is 0.343 e. The van der Waals surface area contributed by atoms with E-state index in [1.165, 1.54) is 11.8 Å². The molecule has 0 aliphatic carbocycles. The van der Waals surface area contributed by atoms with Crippen LogP contribution in [0.5, 0.6) is 0 Å². The molecular formula is C15H17NO4S. The van der Waals surface area contributed by atoms with Gasteiger partial charge in [-0.25, -0.2) is 4.79 Å². The maximum absolute atomic E-state index is 11.8. The zero-order valence-corrected chi connectivity index (χ0v) is 12.8. The highest BCUT2D eigenvalue weighted by atomic mass is 32.2. The molecule has 112 valence electrons. The SMILES string of the molecule is CC(C)c1ccccc1SCC(=O)ON1C(=O)CCC1=O. The standard InChI is InChI=1S/C15H17NO4S/c1-10(2)11-5-3-4-6-12(11)21-9-15(19)20-16-13(17)7-8-14(16)18/h3-6,10H,7-9H2,1-2H3. The predicted octanol–water partition coefficient (Wildman–Crippen LogP) is 2.51. The smallest absolute Gasteiger partial charge is 0.329 e. The fraction of sp³-hybridized carbons (Fsp3) is 0.400. The van der Waals surface area contributed by atoms with Gasteiger partial charge in [-0.2, -0.15) is 0 Å². The molecule has 1 heterocycles. The van der Waals surface area contributed by atoms with Gasteiger partial charge in [0.05, 0.1) is 5.75 Å². The Morgan fingerprint density at radius 3 is 2.48 bits per heavy atom.